The summed E-state index contributed by atoms with van der Waals surface area (Å²) in [6.07, 6.45) is 1.38. The average molecular weight is 374 g/mol. The molecule has 8 nitrogen and oxygen atoms in total. The van der Waals surface area contributed by atoms with Gasteiger partial charge in [-0.3, -0.25) is 19.3 Å². The van der Waals surface area contributed by atoms with Gasteiger partial charge < -0.3 is 20.3 Å². The summed E-state index contributed by atoms with van der Waals surface area (Å²) in [5.74, 6) is -1.29. The number of benzene rings is 1. The van der Waals surface area contributed by atoms with Gasteiger partial charge in [0.25, 0.3) is 0 Å². The summed E-state index contributed by atoms with van der Waals surface area (Å²) in [6.45, 7) is 6.77. The highest BCUT2D eigenvalue weighted by atomic mass is 16.5. The van der Waals surface area contributed by atoms with Crippen molar-refractivity contribution in [3.8, 4) is 0 Å². The number of carbonyl (C=O) groups is 3. The van der Waals surface area contributed by atoms with Crippen LogP contribution in [0.15, 0.2) is 18.2 Å². The van der Waals surface area contributed by atoms with Gasteiger partial charge in [0.2, 0.25) is 5.91 Å². The molecule has 0 saturated carbocycles. The molecule has 2 saturated heterocycles. The van der Waals surface area contributed by atoms with Crippen LogP contribution in [0.1, 0.15) is 18.4 Å². The van der Waals surface area contributed by atoms with E-state index in [0.29, 0.717) is 45.0 Å². The van der Waals surface area contributed by atoms with Gasteiger partial charge in [0, 0.05) is 50.5 Å². The molecule has 3 amide bonds. The quantitative estimate of drug-likeness (QED) is 0.733. The second-order valence-electron chi connectivity index (χ2n) is 6.81. The van der Waals surface area contributed by atoms with Crippen LogP contribution >= 0.6 is 0 Å². The van der Waals surface area contributed by atoms with Gasteiger partial charge in [0.15, 0.2) is 0 Å². The van der Waals surface area contributed by atoms with Gasteiger partial charge in [-0.2, -0.15) is 0 Å². The van der Waals surface area contributed by atoms with Gasteiger partial charge in [-0.15, -0.1) is 0 Å². The van der Waals surface area contributed by atoms with E-state index in [4.69, 9.17) is 4.74 Å². The zero-order valence-corrected chi connectivity index (χ0v) is 15.6. The Morgan fingerprint density at radius 2 is 1.93 bits per heavy atom. The number of carbonyl (C=O) groups excluding carboxylic acids is 3. The molecule has 1 aromatic carbocycles. The fourth-order valence-electron chi connectivity index (χ4n) is 3.30. The molecule has 27 heavy (non-hydrogen) atoms. The third kappa shape index (κ3) is 5.05. The van der Waals surface area contributed by atoms with Crippen LogP contribution in [0.3, 0.4) is 0 Å². The van der Waals surface area contributed by atoms with Crippen molar-refractivity contribution in [3.05, 3.63) is 23.8 Å². The fraction of sp³-hybridized carbons (Fsp3) is 0.526. The number of hydrogen-bond acceptors (Lipinski definition) is 5. The predicted octanol–water partition coefficient (Wildman–Crippen LogP) is 0.509. The van der Waals surface area contributed by atoms with Crippen molar-refractivity contribution in [1.29, 1.82) is 0 Å². The Morgan fingerprint density at radius 3 is 2.63 bits per heavy atom. The highest BCUT2D eigenvalue weighted by Crippen LogP contribution is 2.28. The maximum atomic E-state index is 12.1. The molecule has 146 valence electrons. The van der Waals surface area contributed by atoms with E-state index in [-0.39, 0.29) is 5.91 Å². The van der Waals surface area contributed by atoms with E-state index in [1.165, 1.54) is 0 Å². The number of aryl methyl sites for hydroxylation is 1. The number of anilines is 2. The van der Waals surface area contributed by atoms with Crippen LogP contribution in [0.25, 0.3) is 0 Å². The first kappa shape index (κ1) is 19.3. The zero-order chi connectivity index (χ0) is 19.2. The Hall–Kier alpha value is -2.45. The van der Waals surface area contributed by atoms with Crippen molar-refractivity contribution >= 4 is 29.1 Å². The zero-order valence-electron chi connectivity index (χ0n) is 15.6. The van der Waals surface area contributed by atoms with E-state index in [0.717, 1.165) is 30.8 Å². The topological polar surface area (TPSA) is 91.0 Å². The summed E-state index contributed by atoms with van der Waals surface area (Å²) in [4.78, 5) is 40.0. The monoisotopic (exact) mass is 374 g/mol. The molecule has 0 bridgehead atoms. The van der Waals surface area contributed by atoms with Gasteiger partial charge in [0.05, 0.1) is 13.2 Å². The first-order valence-corrected chi connectivity index (χ1v) is 9.35. The van der Waals surface area contributed by atoms with Crippen LogP contribution in [0.2, 0.25) is 0 Å². The molecule has 0 radical (unpaired) electrons. The van der Waals surface area contributed by atoms with Gasteiger partial charge >= 0.3 is 11.8 Å². The second-order valence-corrected chi connectivity index (χ2v) is 6.81. The van der Waals surface area contributed by atoms with Crippen LogP contribution < -0.4 is 15.5 Å². The Morgan fingerprint density at radius 1 is 1.15 bits per heavy atom. The summed E-state index contributed by atoms with van der Waals surface area (Å²) in [5, 5.41) is 5.25. The van der Waals surface area contributed by atoms with Crippen LogP contribution in [-0.2, 0) is 19.1 Å². The number of nitrogens with one attached hydrogen (secondary N) is 2. The maximum Gasteiger partial charge on any atom is 0.313 e. The number of morpholine rings is 1. The van der Waals surface area contributed by atoms with E-state index in [9.17, 15) is 14.4 Å². The van der Waals surface area contributed by atoms with Gasteiger partial charge in [-0.05, 0) is 31.0 Å². The lowest BCUT2D eigenvalue weighted by atomic mass is 10.1. The standard InChI is InChI=1S/C19H26N4O4/c1-14-4-5-15(13-16(14)23-7-2-3-17(23)24)21-19(26)18(25)20-6-8-22-9-11-27-12-10-22/h4-5,13H,2-3,6-12H2,1H3,(H,20,25)(H,21,26). The molecule has 2 aliphatic rings. The highest BCUT2D eigenvalue weighted by Gasteiger charge is 2.23. The first-order valence-electron chi connectivity index (χ1n) is 9.35. The van der Waals surface area contributed by atoms with Crippen molar-refractivity contribution in [1.82, 2.24) is 10.2 Å². The third-order valence-corrected chi connectivity index (χ3v) is 4.85. The first-order chi connectivity index (χ1) is 13.0. The van der Waals surface area contributed by atoms with Crippen LogP contribution in [0.4, 0.5) is 11.4 Å². The molecule has 2 aliphatic heterocycles. The van der Waals surface area contributed by atoms with Crippen molar-refractivity contribution < 1.29 is 19.1 Å². The Kier molecular flexibility index (Phi) is 6.41. The second kappa shape index (κ2) is 8.96. The molecular weight excluding hydrogens is 348 g/mol. The van der Waals surface area contributed by atoms with Gasteiger partial charge in [-0.25, -0.2) is 0 Å². The smallest absolute Gasteiger partial charge is 0.313 e. The van der Waals surface area contributed by atoms with Gasteiger partial charge in [0.1, 0.15) is 0 Å². The van der Waals surface area contributed by atoms with Crippen molar-refractivity contribution in [2.24, 2.45) is 0 Å². The lowest BCUT2D eigenvalue weighted by Gasteiger charge is -2.26. The lowest BCUT2D eigenvalue weighted by Crippen LogP contribution is -2.43. The number of nitrogens with zero attached hydrogens (tertiary/aromatic N) is 2. The molecule has 8 heteroatoms. The summed E-state index contributed by atoms with van der Waals surface area (Å²) in [5.41, 5.74) is 2.24. The summed E-state index contributed by atoms with van der Waals surface area (Å²) in [7, 11) is 0. The van der Waals surface area contributed by atoms with Crippen molar-refractivity contribution in [2.45, 2.75) is 19.8 Å². The predicted molar refractivity (Wildman–Crippen MR) is 102 cm³/mol. The van der Waals surface area contributed by atoms with Gasteiger partial charge in [-0.1, -0.05) is 6.07 Å². The number of rotatable bonds is 5. The van der Waals surface area contributed by atoms with E-state index in [1.807, 2.05) is 13.0 Å². The minimum atomic E-state index is -0.709. The third-order valence-electron chi connectivity index (χ3n) is 4.85. The van der Waals surface area contributed by atoms with Crippen LogP contribution in [0, 0.1) is 6.92 Å². The number of ether oxygens (including phenoxy) is 1. The van der Waals surface area contributed by atoms with E-state index < -0.39 is 11.8 Å². The molecule has 2 fully saturated rings. The summed E-state index contributed by atoms with van der Waals surface area (Å²) >= 11 is 0. The molecule has 0 atom stereocenters. The number of amides is 3. The molecular formula is C19H26N4O4. The van der Waals surface area contributed by atoms with E-state index >= 15 is 0 Å². The lowest BCUT2D eigenvalue weighted by molar-refractivity contribution is -0.136. The molecule has 3 rings (SSSR count). The Bertz CT molecular complexity index is 716. The van der Waals surface area contributed by atoms with Crippen molar-refractivity contribution in [2.75, 3.05) is 56.2 Å². The summed E-state index contributed by atoms with van der Waals surface area (Å²) < 4.78 is 5.28. The minimum absolute atomic E-state index is 0.0856. The van der Waals surface area contributed by atoms with E-state index in [1.54, 1.807) is 17.0 Å². The average Bonchev–Trinajstić information content (AvgIpc) is 3.09. The molecule has 2 N–H and O–H groups in total. The highest BCUT2D eigenvalue weighted by molar-refractivity contribution is 6.39. The molecule has 0 spiro atoms. The molecule has 0 unspecified atom stereocenters. The number of hydrogen-bond donors (Lipinski definition) is 2. The molecule has 0 aromatic heterocycles. The molecule has 2 heterocycles. The summed E-state index contributed by atoms with van der Waals surface area (Å²) in [6, 6.07) is 5.32. The normalized spacial score (nSPS) is 17.8. The SMILES string of the molecule is Cc1ccc(NC(=O)C(=O)NCCN2CCOCC2)cc1N1CCCC1=O. The largest absolute Gasteiger partial charge is 0.379 e. The fourth-order valence-corrected chi connectivity index (χ4v) is 3.30. The maximum absolute atomic E-state index is 12.1. The van der Waals surface area contributed by atoms with Crippen molar-refractivity contribution in [3.63, 3.8) is 0 Å². The Labute approximate surface area is 158 Å². The van der Waals surface area contributed by atoms with E-state index in [2.05, 4.69) is 15.5 Å². The molecule has 0 aliphatic carbocycles. The minimum Gasteiger partial charge on any atom is -0.379 e. The molecule has 1 aromatic rings. The Balaban J connectivity index is 1.52. The van der Waals surface area contributed by atoms with Crippen LogP contribution in [0.5, 0.6) is 0 Å². The van der Waals surface area contributed by atoms with Crippen LogP contribution in [-0.4, -0.2) is 68.6 Å².